The van der Waals surface area contributed by atoms with Crippen LogP contribution in [0.5, 0.6) is 11.5 Å². The van der Waals surface area contributed by atoms with E-state index in [0.29, 0.717) is 45.0 Å². The van der Waals surface area contributed by atoms with Gasteiger partial charge in [-0.05, 0) is 73.4 Å². The Morgan fingerprint density at radius 2 is 1.79 bits per heavy atom. The van der Waals surface area contributed by atoms with Crippen LogP contribution in [0.15, 0.2) is 77.2 Å². The number of fused-ring (bicyclic) bond motifs is 1. The average Bonchev–Trinajstić information content (AvgIpc) is 3.34. The molecule has 1 atom stereocenters. The van der Waals surface area contributed by atoms with Gasteiger partial charge in [0.05, 0.1) is 26.0 Å². The lowest BCUT2D eigenvalue weighted by Crippen LogP contribution is -2.45. The first kappa shape index (κ1) is 26.5. The van der Waals surface area contributed by atoms with E-state index in [1.807, 2.05) is 74.5 Å². The summed E-state index contributed by atoms with van der Waals surface area (Å²) < 4.78 is 22.7. The highest BCUT2D eigenvalue weighted by Gasteiger charge is 2.33. The van der Waals surface area contributed by atoms with Crippen molar-refractivity contribution in [2.45, 2.75) is 45.8 Å². The summed E-state index contributed by atoms with van der Waals surface area (Å²) >= 11 is 0. The third-order valence-corrected chi connectivity index (χ3v) is 7.03. The normalized spacial score (nSPS) is 15.0. The smallest absolute Gasteiger partial charge is 0.323 e. The molecule has 202 valence electrons. The number of carbonyl (C=O) groups is 1. The molecule has 1 aliphatic heterocycles. The molecule has 7 nitrogen and oxygen atoms in total. The molecule has 1 aromatic heterocycles. The fraction of sp³-hybridized carbons (Fsp3) is 0.312. The fourth-order valence-corrected chi connectivity index (χ4v) is 4.94. The molecule has 0 aliphatic carbocycles. The monoisotopic (exact) mass is 526 g/mol. The van der Waals surface area contributed by atoms with Gasteiger partial charge in [0.2, 0.25) is 5.89 Å². The molecule has 7 heteroatoms. The number of methoxy groups -OCH3 is 1. The van der Waals surface area contributed by atoms with E-state index >= 15 is 0 Å². The molecule has 1 aliphatic rings. The first-order chi connectivity index (χ1) is 19.0. The molecule has 0 amide bonds. The SMILES string of the molecule is CCOC(=O)[C@@H]1Cc2ccc(OCCc3nc(-c4ccccc4)oc3C)cc2CN1Cc1ccc(OC)cc1. The molecule has 39 heavy (non-hydrogen) atoms. The second kappa shape index (κ2) is 12.2. The number of hydrogen-bond acceptors (Lipinski definition) is 7. The summed E-state index contributed by atoms with van der Waals surface area (Å²) in [4.78, 5) is 19.7. The number of nitrogens with zero attached hydrogens (tertiary/aromatic N) is 2. The molecule has 4 aromatic rings. The molecule has 0 bridgehead atoms. The summed E-state index contributed by atoms with van der Waals surface area (Å²) in [6, 6.07) is 23.6. The Hall–Kier alpha value is -4.10. The van der Waals surface area contributed by atoms with Crippen molar-refractivity contribution in [2.75, 3.05) is 20.3 Å². The van der Waals surface area contributed by atoms with E-state index in [1.54, 1.807) is 7.11 Å². The van der Waals surface area contributed by atoms with Gasteiger partial charge in [-0.15, -0.1) is 0 Å². The van der Waals surface area contributed by atoms with Crippen molar-refractivity contribution in [1.82, 2.24) is 9.88 Å². The first-order valence-corrected chi connectivity index (χ1v) is 13.3. The van der Waals surface area contributed by atoms with Gasteiger partial charge in [-0.25, -0.2) is 4.98 Å². The van der Waals surface area contributed by atoms with Gasteiger partial charge < -0.3 is 18.6 Å². The van der Waals surface area contributed by atoms with Crippen LogP contribution in [-0.2, 0) is 35.5 Å². The van der Waals surface area contributed by atoms with Crippen LogP contribution in [0.25, 0.3) is 11.5 Å². The maximum Gasteiger partial charge on any atom is 0.323 e. The fourth-order valence-electron chi connectivity index (χ4n) is 4.94. The molecule has 3 aromatic carbocycles. The molecule has 0 N–H and O–H groups in total. The number of carbonyl (C=O) groups excluding carboxylic acids is 1. The number of oxazole rings is 1. The summed E-state index contributed by atoms with van der Waals surface area (Å²) in [5.74, 6) is 2.86. The van der Waals surface area contributed by atoms with Crippen molar-refractivity contribution >= 4 is 5.97 Å². The Labute approximate surface area is 229 Å². The minimum absolute atomic E-state index is 0.185. The second-order valence-electron chi connectivity index (χ2n) is 9.64. The van der Waals surface area contributed by atoms with E-state index in [2.05, 4.69) is 22.0 Å². The molecule has 2 heterocycles. The van der Waals surface area contributed by atoms with Crippen LogP contribution < -0.4 is 9.47 Å². The van der Waals surface area contributed by atoms with E-state index < -0.39 is 0 Å². The van der Waals surface area contributed by atoms with Crippen molar-refractivity contribution in [3.8, 4) is 23.0 Å². The Kier molecular flexibility index (Phi) is 8.27. The summed E-state index contributed by atoms with van der Waals surface area (Å²) in [7, 11) is 1.65. The second-order valence-corrected chi connectivity index (χ2v) is 9.64. The van der Waals surface area contributed by atoms with Gasteiger partial charge in [-0.1, -0.05) is 36.4 Å². The van der Waals surface area contributed by atoms with Crippen molar-refractivity contribution in [3.63, 3.8) is 0 Å². The number of benzene rings is 3. The van der Waals surface area contributed by atoms with E-state index in [4.69, 9.17) is 18.6 Å². The lowest BCUT2D eigenvalue weighted by Gasteiger charge is -2.35. The molecule has 0 saturated carbocycles. The number of aromatic nitrogens is 1. The highest BCUT2D eigenvalue weighted by atomic mass is 16.5. The summed E-state index contributed by atoms with van der Waals surface area (Å²) in [5.41, 5.74) is 5.27. The molecule has 0 unspecified atom stereocenters. The lowest BCUT2D eigenvalue weighted by molar-refractivity contribution is -0.150. The quantitative estimate of drug-likeness (QED) is 0.243. The zero-order valence-electron chi connectivity index (χ0n) is 22.7. The molecule has 0 saturated heterocycles. The van der Waals surface area contributed by atoms with Crippen LogP contribution >= 0.6 is 0 Å². The number of ether oxygens (including phenoxy) is 3. The highest BCUT2D eigenvalue weighted by Crippen LogP contribution is 2.30. The van der Waals surface area contributed by atoms with Crippen LogP contribution in [0.2, 0.25) is 0 Å². The van der Waals surface area contributed by atoms with Gasteiger partial charge in [-0.3, -0.25) is 9.69 Å². The first-order valence-electron chi connectivity index (χ1n) is 13.3. The zero-order valence-corrected chi connectivity index (χ0v) is 22.7. The standard InChI is InChI=1S/C32H34N2O5/c1-4-37-32(35)30-19-25-12-15-28(18-26(25)21-34(30)20-23-10-13-27(36-3)14-11-23)38-17-16-29-22(2)39-31(33-29)24-8-6-5-7-9-24/h5-15,18,30H,4,16-17,19-21H2,1-3H3/t30-/m0/s1. The van der Waals surface area contributed by atoms with Crippen LogP contribution in [-0.4, -0.2) is 42.2 Å². The molecule has 0 radical (unpaired) electrons. The van der Waals surface area contributed by atoms with Crippen LogP contribution in [0.4, 0.5) is 0 Å². The Morgan fingerprint density at radius 3 is 2.54 bits per heavy atom. The van der Waals surface area contributed by atoms with Gasteiger partial charge in [0.1, 0.15) is 23.3 Å². The van der Waals surface area contributed by atoms with E-state index in [9.17, 15) is 4.79 Å². The molecular formula is C32H34N2O5. The van der Waals surface area contributed by atoms with Crippen molar-refractivity contribution < 1.29 is 23.4 Å². The Balaban J connectivity index is 1.26. The lowest BCUT2D eigenvalue weighted by atomic mass is 9.93. The van der Waals surface area contributed by atoms with Crippen LogP contribution in [0.1, 0.15) is 35.1 Å². The van der Waals surface area contributed by atoms with Crippen molar-refractivity contribution in [3.05, 3.63) is 101 Å². The summed E-state index contributed by atoms with van der Waals surface area (Å²) in [5, 5.41) is 0. The van der Waals surface area contributed by atoms with E-state index in [-0.39, 0.29) is 12.0 Å². The van der Waals surface area contributed by atoms with Gasteiger partial charge in [0.25, 0.3) is 0 Å². The maximum atomic E-state index is 12.8. The maximum absolute atomic E-state index is 12.8. The largest absolute Gasteiger partial charge is 0.497 e. The molecule has 0 fully saturated rings. The predicted octanol–water partition coefficient (Wildman–Crippen LogP) is 5.77. The summed E-state index contributed by atoms with van der Waals surface area (Å²) in [6.07, 6.45) is 1.25. The van der Waals surface area contributed by atoms with Crippen LogP contribution in [0, 0.1) is 6.92 Å². The number of hydrogen-bond donors (Lipinski definition) is 0. The minimum atomic E-state index is -0.333. The Bertz CT molecular complexity index is 1400. The van der Waals surface area contributed by atoms with Crippen LogP contribution in [0.3, 0.4) is 0 Å². The third kappa shape index (κ3) is 6.32. The summed E-state index contributed by atoms with van der Waals surface area (Å²) in [6.45, 7) is 5.89. The van der Waals surface area contributed by atoms with Gasteiger partial charge in [0.15, 0.2) is 0 Å². The molecule has 5 rings (SSSR count). The topological polar surface area (TPSA) is 74.0 Å². The molecular weight excluding hydrogens is 492 g/mol. The van der Waals surface area contributed by atoms with Gasteiger partial charge in [-0.2, -0.15) is 0 Å². The van der Waals surface area contributed by atoms with E-state index in [1.165, 1.54) is 0 Å². The van der Waals surface area contributed by atoms with Crippen molar-refractivity contribution in [1.29, 1.82) is 0 Å². The number of rotatable bonds is 10. The van der Waals surface area contributed by atoms with Gasteiger partial charge >= 0.3 is 5.97 Å². The zero-order chi connectivity index (χ0) is 27.2. The Morgan fingerprint density at radius 1 is 1.03 bits per heavy atom. The minimum Gasteiger partial charge on any atom is -0.497 e. The average molecular weight is 527 g/mol. The van der Waals surface area contributed by atoms with Gasteiger partial charge in [0, 0.05) is 25.1 Å². The van der Waals surface area contributed by atoms with E-state index in [0.717, 1.165) is 45.2 Å². The third-order valence-electron chi connectivity index (χ3n) is 7.03. The van der Waals surface area contributed by atoms with Crippen molar-refractivity contribution in [2.24, 2.45) is 0 Å². The highest BCUT2D eigenvalue weighted by molar-refractivity contribution is 5.76. The predicted molar refractivity (Wildman–Crippen MR) is 149 cm³/mol. The molecule has 0 spiro atoms. The number of esters is 1. The number of aryl methyl sites for hydroxylation is 1.